The maximum atomic E-state index is 11.9. The highest BCUT2D eigenvalue weighted by Crippen LogP contribution is 2.25. The maximum absolute atomic E-state index is 11.9. The van der Waals surface area contributed by atoms with Crippen LogP contribution >= 0.6 is 0 Å². The molecule has 2 atom stereocenters. The molecule has 15 heavy (non-hydrogen) atoms. The van der Waals surface area contributed by atoms with Crippen molar-refractivity contribution < 1.29 is 9.90 Å². The second kappa shape index (κ2) is 4.94. The van der Waals surface area contributed by atoms with Gasteiger partial charge in [-0.2, -0.15) is 0 Å². The molecule has 1 saturated carbocycles. The molecule has 0 bridgehead atoms. The molecule has 0 aromatic heterocycles. The van der Waals surface area contributed by atoms with Crippen LogP contribution in [0.2, 0.25) is 0 Å². The number of carbonyl (C=O) groups excluding carboxylic acids is 1. The number of hydrogen-bond donors (Lipinski definition) is 3. The summed E-state index contributed by atoms with van der Waals surface area (Å²) in [5.41, 5.74) is -0.539. The van der Waals surface area contributed by atoms with Gasteiger partial charge in [0, 0.05) is 18.6 Å². The number of aliphatic hydroxyl groups excluding tert-OH is 1. The lowest BCUT2D eigenvalue weighted by Gasteiger charge is -2.27. The minimum absolute atomic E-state index is 0.00958. The van der Waals surface area contributed by atoms with E-state index in [1.807, 2.05) is 13.8 Å². The van der Waals surface area contributed by atoms with Gasteiger partial charge in [0.2, 0.25) is 5.91 Å². The first-order valence-corrected chi connectivity index (χ1v) is 5.62. The van der Waals surface area contributed by atoms with Crippen molar-refractivity contribution in [3.05, 3.63) is 0 Å². The lowest BCUT2D eigenvalue weighted by Crippen LogP contribution is -2.54. The normalized spacial score (nSPS) is 26.7. The molecular weight excluding hydrogens is 192 g/mol. The Labute approximate surface area is 91.4 Å². The molecule has 1 rings (SSSR count). The van der Waals surface area contributed by atoms with E-state index in [0.29, 0.717) is 0 Å². The molecule has 0 saturated heterocycles. The zero-order valence-electron chi connectivity index (χ0n) is 9.84. The van der Waals surface area contributed by atoms with Crippen molar-refractivity contribution in [3.63, 3.8) is 0 Å². The molecule has 0 heterocycles. The number of hydrogen-bond acceptors (Lipinski definition) is 3. The predicted molar refractivity (Wildman–Crippen MR) is 59.5 cm³/mol. The molecule has 4 heteroatoms. The molecule has 0 aromatic rings. The average molecular weight is 214 g/mol. The first kappa shape index (κ1) is 12.5. The van der Waals surface area contributed by atoms with Gasteiger partial charge < -0.3 is 15.7 Å². The molecule has 0 aromatic carbocycles. The van der Waals surface area contributed by atoms with Gasteiger partial charge in [0.25, 0.3) is 0 Å². The van der Waals surface area contributed by atoms with Crippen molar-refractivity contribution in [2.24, 2.45) is 5.92 Å². The van der Waals surface area contributed by atoms with E-state index in [1.54, 1.807) is 7.05 Å². The quantitative estimate of drug-likeness (QED) is 0.629. The Morgan fingerprint density at radius 1 is 1.47 bits per heavy atom. The van der Waals surface area contributed by atoms with E-state index in [-0.39, 0.29) is 24.5 Å². The SMILES string of the molecule is CNC(C)(C)C(=O)NC1CCCC1CO. The van der Waals surface area contributed by atoms with Gasteiger partial charge in [0.05, 0.1) is 5.54 Å². The zero-order valence-corrected chi connectivity index (χ0v) is 9.84. The van der Waals surface area contributed by atoms with E-state index < -0.39 is 5.54 Å². The van der Waals surface area contributed by atoms with Crippen molar-refractivity contribution in [1.82, 2.24) is 10.6 Å². The van der Waals surface area contributed by atoms with Gasteiger partial charge in [0.1, 0.15) is 0 Å². The largest absolute Gasteiger partial charge is 0.396 e. The monoisotopic (exact) mass is 214 g/mol. The molecule has 0 aliphatic heterocycles. The smallest absolute Gasteiger partial charge is 0.239 e. The van der Waals surface area contributed by atoms with Gasteiger partial charge in [-0.3, -0.25) is 4.79 Å². The summed E-state index contributed by atoms with van der Waals surface area (Å²) in [7, 11) is 1.78. The van der Waals surface area contributed by atoms with Crippen LogP contribution in [0.15, 0.2) is 0 Å². The first-order chi connectivity index (χ1) is 7.01. The van der Waals surface area contributed by atoms with Crippen LogP contribution in [0.3, 0.4) is 0 Å². The third-order valence-corrected chi connectivity index (χ3v) is 3.40. The molecule has 88 valence electrons. The third-order valence-electron chi connectivity index (χ3n) is 3.40. The van der Waals surface area contributed by atoms with Crippen LogP contribution in [0.25, 0.3) is 0 Å². The van der Waals surface area contributed by atoms with Crippen molar-refractivity contribution in [3.8, 4) is 0 Å². The molecule has 3 N–H and O–H groups in total. The molecule has 1 aliphatic carbocycles. The van der Waals surface area contributed by atoms with Crippen LogP contribution in [0, 0.1) is 5.92 Å². The summed E-state index contributed by atoms with van der Waals surface area (Å²) >= 11 is 0. The minimum Gasteiger partial charge on any atom is -0.396 e. The predicted octanol–water partition coefficient (Wildman–Crippen LogP) is 0.262. The zero-order chi connectivity index (χ0) is 11.5. The lowest BCUT2D eigenvalue weighted by molar-refractivity contribution is -0.127. The van der Waals surface area contributed by atoms with E-state index >= 15 is 0 Å². The summed E-state index contributed by atoms with van der Waals surface area (Å²) in [5, 5.41) is 15.1. The molecule has 1 amide bonds. The topological polar surface area (TPSA) is 61.4 Å². The van der Waals surface area contributed by atoms with Crippen molar-refractivity contribution >= 4 is 5.91 Å². The number of amides is 1. The Balaban J connectivity index is 2.51. The Bertz CT molecular complexity index is 229. The van der Waals surface area contributed by atoms with Gasteiger partial charge in [0.15, 0.2) is 0 Å². The molecule has 1 fully saturated rings. The lowest BCUT2D eigenvalue weighted by atomic mass is 10.0. The summed E-state index contributed by atoms with van der Waals surface area (Å²) in [5.74, 6) is 0.247. The molecule has 1 aliphatic rings. The van der Waals surface area contributed by atoms with E-state index in [1.165, 1.54) is 0 Å². The van der Waals surface area contributed by atoms with Crippen molar-refractivity contribution in [2.75, 3.05) is 13.7 Å². The second-order valence-corrected chi connectivity index (χ2v) is 4.83. The molecule has 0 spiro atoms. The van der Waals surface area contributed by atoms with E-state index in [2.05, 4.69) is 10.6 Å². The number of nitrogens with one attached hydrogen (secondary N) is 2. The summed E-state index contributed by atoms with van der Waals surface area (Å²) in [4.78, 5) is 11.9. The number of likely N-dealkylation sites (N-methyl/N-ethyl adjacent to an activating group) is 1. The van der Waals surface area contributed by atoms with Crippen LogP contribution in [-0.4, -0.2) is 36.2 Å². The Kier molecular flexibility index (Phi) is 4.11. The number of rotatable bonds is 4. The highest BCUT2D eigenvalue weighted by atomic mass is 16.3. The minimum atomic E-state index is -0.539. The summed E-state index contributed by atoms with van der Waals surface area (Å²) in [6, 6.07) is 0.148. The van der Waals surface area contributed by atoms with E-state index in [9.17, 15) is 4.79 Å². The van der Waals surface area contributed by atoms with Crippen molar-refractivity contribution in [1.29, 1.82) is 0 Å². The fourth-order valence-corrected chi connectivity index (χ4v) is 1.91. The fraction of sp³-hybridized carbons (Fsp3) is 0.909. The Hall–Kier alpha value is -0.610. The third kappa shape index (κ3) is 2.92. The van der Waals surface area contributed by atoms with Crippen LogP contribution in [0.1, 0.15) is 33.1 Å². The number of carbonyl (C=O) groups is 1. The molecular formula is C11H22N2O2. The van der Waals surface area contributed by atoms with Gasteiger partial charge in [-0.15, -0.1) is 0 Å². The van der Waals surface area contributed by atoms with Crippen LogP contribution in [0.4, 0.5) is 0 Å². The highest BCUT2D eigenvalue weighted by Gasteiger charge is 2.32. The Morgan fingerprint density at radius 3 is 2.67 bits per heavy atom. The second-order valence-electron chi connectivity index (χ2n) is 4.83. The van der Waals surface area contributed by atoms with E-state index in [4.69, 9.17) is 5.11 Å². The summed E-state index contributed by atoms with van der Waals surface area (Å²) in [6.07, 6.45) is 3.09. The van der Waals surface area contributed by atoms with Gasteiger partial charge in [-0.25, -0.2) is 0 Å². The maximum Gasteiger partial charge on any atom is 0.239 e. The van der Waals surface area contributed by atoms with Crippen LogP contribution < -0.4 is 10.6 Å². The molecule has 2 unspecified atom stereocenters. The van der Waals surface area contributed by atoms with E-state index in [0.717, 1.165) is 19.3 Å². The summed E-state index contributed by atoms with van der Waals surface area (Å²) < 4.78 is 0. The van der Waals surface area contributed by atoms with Gasteiger partial charge in [-0.1, -0.05) is 6.42 Å². The highest BCUT2D eigenvalue weighted by molar-refractivity contribution is 5.85. The van der Waals surface area contributed by atoms with Crippen LogP contribution in [-0.2, 0) is 4.79 Å². The van der Waals surface area contributed by atoms with Crippen LogP contribution in [0.5, 0.6) is 0 Å². The molecule has 4 nitrogen and oxygen atoms in total. The number of aliphatic hydroxyl groups is 1. The van der Waals surface area contributed by atoms with Gasteiger partial charge >= 0.3 is 0 Å². The first-order valence-electron chi connectivity index (χ1n) is 5.62. The average Bonchev–Trinajstić information content (AvgIpc) is 2.65. The van der Waals surface area contributed by atoms with Crippen molar-refractivity contribution in [2.45, 2.75) is 44.7 Å². The fourth-order valence-electron chi connectivity index (χ4n) is 1.91. The van der Waals surface area contributed by atoms with Gasteiger partial charge in [-0.05, 0) is 33.7 Å². The molecule has 0 radical (unpaired) electrons. The Morgan fingerprint density at radius 2 is 2.13 bits per heavy atom. The summed E-state index contributed by atoms with van der Waals surface area (Å²) in [6.45, 7) is 3.88. The standard InChI is InChI=1S/C11H22N2O2/c1-11(2,12-3)10(15)13-9-6-4-5-8(9)7-14/h8-9,12,14H,4-7H2,1-3H3,(H,13,15).